The summed E-state index contributed by atoms with van der Waals surface area (Å²) >= 11 is 0. The van der Waals surface area contributed by atoms with E-state index in [1.807, 2.05) is 6.92 Å². The van der Waals surface area contributed by atoms with Gasteiger partial charge >= 0.3 is 16.2 Å². The summed E-state index contributed by atoms with van der Waals surface area (Å²) in [5, 5.41) is 0. The molecule has 1 rings (SSSR count). The average molecular weight is 305 g/mol. The number of ether oxygens (including phenoxy) is 1. The molecule has 0 unspecified atom stereocenters. The van der Waals surface area contributed by atoms with E-state index in [0.717, 1.165) is 11.8 Å². The highest BCUT2D eigenvalue weighted by Gasteiger charge is 2.28. The van der Waals surface area contributed by atoms with Crippen LogP contribution in [0.4, 0.5) is 4.79 Å². The van der Waals surface area contributed by atoms with Gasteiger partial charge in [0, 0.05) is 6.54 Å². The van der Waals surface area contributed by atoms with Gasteiger partial charge < -0.3 is 13.8 Å². The Bertz CT molecular complexity index is 501. The normalized spacial score (nSPS) is 17.1. The van der Waals surface area contributed by atoms with Crippen LogP contribution in [0.15, 0.2) is 11.3 Å². The maximum Gasteiger partial charge on any atom is 0.410 e. The summed E-state index contributed by atoms with van der Waals surface area (Å²) in [6, 6.07) is 0. The van der Waals surface area contributed by atoms with Gasteiger partial charge in [0.1, 0.15) is 11.4 Å². The molecule has 0 radical (unpaired) electrons. The quantitative estimate of drug-likeness (QED) is 0.748. The Labute approximate surface area is 120 Å². The number of carbonyl (C=O) groups is 1. The number of rotatable bonds is 3. The Balaban J connectivity index is 2.84. The predicted molar refractivity (Wildman–Crippen MR) is 75.7 cm³/mol. The lowest BCUT2D eigenvalue weighted by Crippen LogP contribution is -2.41. The topological polar surface area (TPSA) is 72.9 Å². The van der Waals surface area contributed by atoms with Crippen LogP contribution in [0.1, 0.15) is 40.5 Å². The molecule has 0 aromatic carbocycles. The van der Waals surface area contributed by atoms with Gasteiger partial charge in [0.25, 0.3) is 0 Å². The van der Waals surface area contributed by atoms with Crippen molar-refractivity contribution in [1.29, 1.82) is 0 Å². The molecule has 0 saturated carbocycles. The second kappa shape index (κ2) is 6.03. The lowest BCUT2D eigenvalue weighted by Gasteiger charge is -2.31. The van der Waals surface area contributed by atoms with E-state index in [-0.39, 0.29) is 6.54 Å². The molecule has 0 bridgehead atoms. The van der Waals surface area contributed by atoms with Crippen LogP contribution >= 0.6 is 0 Å². The summed E-state index contributed by atoms with van der Waals surface area (Å²) < 4.78 is 32.8. The van der Waals surface area contributed by atoms with E-state index in [0.29, 0.717) is 25.1 Å². The minimum Gasteiger partial charge on any atom is -0.444 e. The third-order valence-electron chi connectivity index (χ3n) is 2.74. The molecule has 0 aromatic heterocycles. The van der Waals surface area contributed by atoms with Crippen LogP contribution in [0.3, 0.4) is 0 Å². The highest BCUT2D eigenvalue weighted by Crippen LogP contribution is 2.24. The Morgan fingerprint density at radius 1 is 1.35 bits per heavy atom. The van der Waals surface area contributed by atoms with Crippen molar-refractivity contribution in [2.45, 2.75) is 46.1 Å². The molecule has 0 aliphatic carbocycles. The number of nitrogens with zero attached hydrogens (tertiary/aromatic N) is 1. The van der Waals surface area contributed by atoms with Gasteiger partial charge in [0.2, 0.25) is 0 Å². The van der Waals surface area contributed by atoms with Crippen molar-refractivity contribution in [1.82, 2.24) is 4.90 Å². The molecule has 0 saturated heterocycles. The minimum atomic E-state index is -3.59. The van der Waals surface area contributed by atoms with Crippen molar-refractivity contribution < 1.29 is 22.1 Å². The van der Waals surface area contributed by atoms with E-state index in [2.05, 4.69) is 0 Å². The first-order chi connectivity index (χ1) is 9.02. The molecule has 0 aromatic rings. The van der Waals surface area contributed by atoms with Gasteiger partial charge in [-0.1, -0.05) is 6.92 Å². The highest BCUT2D eigenvalue weighted by atomic mass is 32.2. The van der Waals surface area contributed by atoms with E-state index in [9.17, 15) is 13.2 Å². The largest absolute Gasteiger partial charge is 0.444 e. The van der Waals surface area contributed by atoms with Crippen LogP contribution in [-0.2, 0) is 19.0 Å². The maximum atomic E-state index is 12.0. The molecule has 1 aliphatic rings. The third kappa shape index (κ3) is 5.40. The lowest BCUT2D eigenvalue weighted by atomic mass is 10.0. The summed E-state index contributed by atoms with van der Waals surface area (Å²) in [5.74, 6) is 0.340. The number of hydrogen-bond donors (Lipinski definition) is 0. The van der Waals surface area contributed by atoms with Crippen molar-refractivity contribution in [2.24, 2.45) is 0 Å². The fraction of sp³-hybridized carbons (Fsp3) is 0.769. The van der Waals surface area contributed by atoms with Gasteiger partial charge in [0.15, 0.2) is 0 Å². The van der Waals surface area contributed by atoms with Gasteiger partial charge in [-0.3, -0.25) is 0 Å². The molecule has 0 fully saturated rings. The Kier molecular flexibility index (Phi) is 5.07. The van der Waals surface area contributed by atoms with Crippen molar-refractivity contribution in [3.05, 3.63) is 11.3 Å². The SMILES string of the molecule is CCC1=C(OS(C)(=O)=O)CN(C(=O)OC(C)(C)C)CC1. The van der Waals surface area contributed by atoms with E-state index in [1.54, 1.807) is 20.8 Å². The Morgan fingerprint density at radius 3 is 2.40 bits per heavy atom. The summed E-state index contributed by atoms with van der Waals surface area (Å²) in [6.45, 7) is 7.94. The smallest absolute Gasteiger partial charge is 0.410 e. The Hall–Kier alpha value is -1.24. The van der Waals surface area contributed by atoms with E-state index >= 15 is 0 Å². The fourth-order valence-corrected chi connectivity index (χ4v) is 2.43. The molecule has 0 atom stereocenters. The van der Waals surface area contributed by atoms with Crippen LogP contribution in [0, 0.1) is 0 Å². The predicted octanol–water partition coefficient (Wildman–Crippen LogP) is 2.27. The minimum absolute atomic E-state index is 0.130. The monoisotopic (exact) mass is 305 g/mol. The van der Waals surface area contributed by atoms with E-state index in [1.165, 1.54) is 4.90 Å². The molecule has 0 spiro atoms. The van der Waals surface area contributed by atoms with Gasteiger partial charge in [-0.25, -0.2) is 4.79 Å². The molecule has 1 amide bonds. The van der Waals surface area contributed by atoms with Crippen molar-refractivity contribution in [3.63, 3.8) is 0 Å². The molecular weight excluding hydrogens is 282 g/mol. The number of carbonyl (C=O) groups excluding carboxylic acids is 1. The first-order valence-corrected chi connectivity index (χ1v) is 8.42. The maximum absolute atomic E-state index is 12.0. The molecule has 116 valence electrons. The van der Waals surface area contributed by atoms with Crippen molar-refractivity contribution >= 4 is 16.2 Å². The number of hydrogen-bond acceptors (Lipinski definition) is 5. The van der Waals surface area contributed by atoms with Crippen LogP contribution in [0.5, 0.6) is 0 Å². The molecule has 1 heterocycles. The molecule has 20 heavy (non-hydrogen) atoms. The second-order valence-electron chi connectivity index (χ2n) is 5.82. The number of amides is 1. The Morgan fingerprint density at radius 2 is 1.95 bits per heavy atom. The van der Waals surface area contributed by atoms with E-state index < -0.39 is 21.8 Å². The molecular formula is C13H23NO5S. The lowest BCUT2D eigenvalue weighted by molar-refractivity contribution is 0.0239. The van der Waals surface area contributed by atoms with E-state index in [4.69, 9.17) is 8.92 Å². The van der Waals surface area contributed by atoms with Crippen LogP contribution in [0.25, 0.3) is 0 Å². The summed E-state index contributed by atoms with van der Waals surface area (Å²) in [4.78, 5) is 13.5. The molecule has 0 N–H and O–H groups in total. The molecule has 6 nitrogen and oxygen atoms in total. The van der Waals surface area contributed by atoms with Crippen molar-refractivity contribution in [3.8, 4) is 0 Å². The van der Waals surface area contributed by atoms with Crippen LogP contribution in [-0.4, -0.2) is 44.4 Å². The van der Waals surface area contributed by atoms with Crippen LogP contribution < -0.4 is 0 Å². The van der Waals surface area contributed by atoms with Gasteiger partial charge in [-0.2, -0.15) is 8.42 Å². The third-order valence-corrected chi connectivity index (χ3v) is 3.25. The zero-order chi connectivity index (χ0) is 15.6. The standard InChI is InChI=1S/C13H23NO5S/c1-6-10-7-8-14(12(15)18-13(2,3)4)9-11(10)19-20(5,16)17/h6-9H2,1-5H3. The summed E-state index contributed by atoms with van der Waals surface area (Å²) in [5.41, 5.74) is 0.346. The zero-order valence-electron chi connectivity index (χ0n) is 12.7. The summed E-state index contributed by atoms with van der Waals surface area (Å²) in [6.07, 6.45) is 1.84. The highest BCUT2D eigenvalue weighted by molar-refractivity contribution is 7.86. The fourth-order valence-electron chi connectivity index (χ4n) is 1.90. The van der Waals surface area contributed by atoms with Gasteiger partial charge in [-0.15, -0.1) is 0 Å². The van der Waals surface area contributed by atoms with Crippen LogP contribution in [0.2, 0.25) is 0 Å². The second-order valence-corrected chi connectivity index (χ2v) is 7.39. The first-order valence-electron chi connectivity index (χ1n) is 6.60. The van der Waals surface area contributed by atoms with Gasteiger partial charge in [0.05, 0.1) is 12.8 Å². The summed E-state index contributed by atoms with van der Waals surface area (Å²) in [7, 11) is -3.59. The average Bonchev–Trinajstić information content (AvgIpc) is 2.24. The molecule has 1 aliphatic heterocycles. The van der Waals surface area contributed by atoms with Gasteiger partial charge in [-0.05, 0) is 39.2 Å². The molecule has 7 heteroatoms. The van der Waals surface area contributed by atoms with Crippen molar-refractivity contribution in [2.75, 3.05) is 19.3 Å². The zero-order valence-corrected chi connectivity index (χ0v) is 13.5. The first kappa shape index (κ1) is 16.8.